The Balaban J connectivity index is 2.52. The number of anilines is 1. The smallest absolute Gasteiger partial charge is 0.360 e. The third kappa shape index (κ3) is 1.69. The van der Waals surface area contributed by atoms with Gasteiger partial charge in [0, 0.05) is 12.0 Å². The number of esters is 1. The predicted octanol–water partition coefficient (Wildman–Crippen LogP) is 2.10. The largest absolute Gasteiger partial charge is 0.464 e. The SMILES string of the molecule is CCc1nc(C(=O)OC)c(N)n1C1(CC)CCC1. The summed E-state index contributed by atoms with van der Waals surface area (Å²) in [6.07, 6.45) is 5.21. The highest BCUT2D eigenvalue weighted by Gasteiger charge is 2.40. The van der Waals surface area contributed by atoms with E-state index in [1.165, 1.54) is 13.5 Å². The minimum atomic E-state index is -0.452. The maximum atomic E-state index is 11.7. The fourth-order valence-corrected chi connectivity index (χ4v) is 2.81. The summed E-state index contributed by atoms with van der Waals surface area (Å²) < 4.78 is 6.81. The number of imidazole rings is 1. The normalized spacial score (nSPS) is 17.3. The van der Waals surface area contributed by atoms with Crippen LogP contribution in [-0.4, -0.2) is 22.6 Å². The Labute approximate surface area is 107 Å². The molecule has 1 aliphatic rings. The van der Waals surface area contributed by atoms with Crippen LogP contribution in [-0.2, 0) is 16.7 Å². The number of nitrogens with zero attached hydrogens (tertiary/aromatic N) is 2. The molecule has 1 fully saturated rings. The first-order chi connectivity index (χ1) is 8.59. The summed E-state index contributed by atoms with van der Waals surface area (Å²) in [7, 11) is 1.35. The second-order valence-corrected chi connectivity index (χ2v) is 4.87. The molecule has 0 aliphatic heterocycles. The van der Waals surface area contributed by atoms with Crippen molar-refractivity contribution in [1.82, 2.24) is 9.55 Å². The van der Waals surface area contributed by atoms with Crippen LogP contribution in [0.5, 0.6) is 0 Å². The van der Waals surface area contributed by atoms with Crippen LogP contribution in [0.1, 0.15) is 55.8 Å². The zero-order chi connectivity index (χ0) is 13.3. The Kier molecular flexibility index (Phi) is 3.32. The topological polar surface area (TPSA) is 70.1 Å². The van der Waals surface area contributed by atoms with E-state index in [1.807, 2.05) is 6.92 Å². The molecule has 2 rings (SSSR count). The molecule has 0 spiro atoms. The molecule has 1 heterocycles. The molecular formula is C13H21N3O2. The first-order valence-corrected chi connectivity index (χ1v) is 6.55. The van der Waals surface area contributed by atoms with E-state index in [0.29, 0.717) is 5.82 Å². The van der Waals surface area contributed by atoms with Crippen molar-refractivity contribution in [2.75, 3.05) is 12.8 Å². The Hall–Kier alpha value is -1.52. The lowest BCUT2D eigenvalue weighted by atomic mass is 9.74. The number of hydrogen-bond acceptors (Lipinski definition) is 4. The predicted molar refractivity (Wildman–Crippen MR) is 69.5 cm³/mol. The van der Waals surface area contributed by atoms with Crippen molar-refractivity contribution in [3.63, 3.8) is 0 Å². The van der Waals surface area contributed by atoms with Gasteiger partial charge in [0.1, 0.15) is 11.6 Å². The summed E-state index contributed by atoms with van der Waals surface area (Å²) in [5.74, 6) is 0.890. The summed E-state index contributed by atoms with van der Waals surface area (Å²) >= 11 is 0. The van der Waals surface area contributed by atoms with Crippen LogP contribution < -0.4 is 5.73 Å². The third-order valence-corrected chi connectivity index (χ3v) is 4.09. The van der Waals surface area contributed by atoms with Crippen molar-refractivity contribution in [2.24, 2.45) is 0 Å². The van der Waals surface area contributed by atoms with Crippen LogP contribution in [0.4, 0.5) is 5.82 Å². The van der Waals surface area contributed by atoms with E-state index in [-0.39, 0.29) is 11.2 Å². The number of nitrogens with two attached hydrogens (primary N) is 1. The van der Waals surface area contributed by atoms with Gasteiger partial charge in [-0.25, -0.2) is 9.78 Å². The molecule has 0 radical (unpaired) electrons. The molecule has 0 atom stereocenters. The van der Waals surface area contributed by atoms with Gasteiger partial charge in [-0.1, -0.05) is 13.8 Å². The highest BCUT2D eigenvalue weighted by atomic mass is 16.5. The van der Waals surface area contributed by atoms with Gasteiger partial charge < -0.3 is 15.0 Å². The number of carbonyl (C=O) groups is 1. The van der Waals surface area contributed by atoms with Gasteiger partial charge in [0.05, 0.1) is 7.11 Å². The van der Waals surface area contributed by atoms with Crippen molar-refractivity contribution in [3.05, 3.63) is 11.5 Å². The molecule has 0 unspecified atom stereocenters. The number of hydrogen-bond donors (Lipinski definition) is 1. The molecule has 1 saturated carbocycles. The molecule has 5 heteroatoms. The van der Waals surface area contributed by atoms with Gasteiger partial charge in [-0.3, -0.25) is 0 Å². The van der Waals surface area contributed by atoms with Crippen LogP contribution in [0.25, 0.3) is 0 Å². The van der Waals surface area contributed by atoms with Crippen molar-refractivity contribution in [1.29, 1.82) is 0 Å². The van der Waals surface area contributed by atoms with Crippen LogP contribution in [0, 0.1) is 0 Å². The maximum absolute atomic E-state index is 11.7. The number of aryl methyl sites for hydroxylation is 1. The first-order valence-electron chi connectivity index (χ1n) is 6.55. The first kappa shape index (κ1) is 12.9. The molecule has 0 bridgehead atoms. The minimum absolute atomic E-state index is 0.0642. The van der Waals surface area contributed by atoms with Crippen LogP contribution in [0.2, 0.25) is 0 Å². The minimum Gasteiger partial charge on any atom is -0.464 e. The number of nitrogen functional groups attached to an aromatic ring is 1. The summed E-state index contributed by atoms with van der Waals surface area (Å²) in [6.45, 7) is 4.19. The van der Waals surface area contributed by atoms with Gasteiger partial charge in [-0.2, -0.15) is 0 Å². The molecular weight excluding hydrogens is 230 g/mol. The number of aromatic nitrogens is 2. The van der Waals surface area contributed by atoms with Gasteiger partial charge in [-0.15, -0.1) is 0 Å². The zero-order valence-corrected chi connectivity index (χ0v) is 11.3. The van der Waals surface area contributed by atoms with Gasteiger partial charge in [0.15, 0.2) is 5.69 Å². The fraction of sp³-hybridized carbons (Fsp3) is 0.692. The molecule has 2 N–H and O–H groups in total. The molecule has 0 saturated heterocycles. The van der Waals surface area contributed by atoms with E-state index in [9.17, 15) is 4.79 Å². The average Bonchev–Trinajstić information content (AvgIpc) is 2.66. The van der Waals surface area contributed by atoms with Gasteiger partial charge in [-0.05, 0) is 25.7 Å². The van der Waals surface area contributed by atoms with E-state index in [0.717, 1.165) is 31.5 Å². The molecule has 5 nitrogen and oxygen atoms in total. The summed E-state index contributed by atoms with van der Waals surface area (Å²) in [4.78, 5) is 16.0. The van der Waals surface area contributed by atoms with Crippen LogP contribution in [0.15, 0.2) is 0 Å². The van der Waals surface area contributed by atoms with E-state index >= 15 is 0 Å². The summed E-state index contributed by atoms with van der Waals surface area (Å²) in [6, 6.07) is 0. The Morgan fingerprint density at radius 3 is 2.56 bits per heavy atom. The Morgan fingerprint density at radius 1 is 1.50 bits per heavy atom. The lowest BCUT2D eigenvalue weighted by Gasteiger charge is -2.44. The highest BCUT2D eigenvalue weighted by molar-refractivity contribution is 5.92. The number of rotatable bonds is 4. The molecule has 18 heavy (non-hydrogen) atoms. The molecule has 1 aliphatic carbocycles. The second-order valence-electron chi connectivity index (χ2n) is 4.87. The number of carbonyl (C=O) groups excluding carboxylic acids is 1. The fourth-order valence-electron chi connectivity index (χ4n) is 2.81. The Morgan fingerprint density at radius 2 is 2.17 bits per heavy atom. The summed E-state index contributed by atoms with van der Waals surface area (Å²) in [5, 5.41) is 0. The maximum Gasteiger partial charge on any atom is 0.360 e. The van der Waals surface area contributed by atoms with Gasteiger partial charge >= 0.3 is 5.97 Å². The third-order valence-electron chi connectivity index (χ3n) is 4.09. The molecule has 1 aromatic heterocycles. The Bertz CT molecular complexity index is 456. The van der Waals surface area contributed by atoms with E-state index in [2.05, 4.69) is 16.5 Å². The standard InChI is InChI=1S/C13H21N3O2/c1-4-9-15-10(12(17)18-3)11(14)16(9)13(5-2)7-6-8-13/h4-8,14H2,1-3H3. The van der Waals surface area contributed by atoms with E-state index in [4.69, 9.17) is 10.5 Å². The van der Waals surface area contributed by atoms with Crippen molar-refractivity contribution in [2.45, 2.75) is 51.5 Å². The van der Waals surface area contributed by atoms with Crippen molar-refractivity contribution in [3.8, 4) is 0 Å². The highest BCUT2D eigenvalue weighted by Crippen LogP contribution is 2.44. The second kappa shape index (κ2) is 4.63. The van der Waals surface area contributed by atoms with E-state index in [1.54, 1.807) is 0 Å². The monoisotopic (exact) mass is 251 g/mol. The quantitative estimate of drug-likeness (QED) is 0.832. The summed E-state index contributed by atoms with van der Waals surface area (Å²) in [5.41, 5.74) is 6.45. The number of ether oxygens (including phenoxy) is 1. The average molecular weight is 251 g/mol. The lowest BCUT2D eigenvalue weighted by molar-refractivity contribution is 0.0595. The van der Waals surface area contributed by atoms with Crippen molar-refractivity contribution < 1.29 is 9.53 Å². The molecule has 0 amide bonds. The number of methoxy groups -OCH3 is 1. The zero-order valence-electron chi connectivity index (χ0n) is 11.3. The van der Waals surface area contributed by atoms with E-state index < -0.39 is 5.97 Å². The molecule has 1 aromatic rings. The van der Waals surface area contributed by atoms with Gasteiger partial charge in [0.2, 0.25) is 0 Å². The molecule has 0 aromatic carbocycles. The van der Waals surface area contributed by atoms with Crippen LogP contribution >= 0.6 is 0 Å². The van der Waals surface area contributed by atoms with Gasteiger partial charge in [0.25, 0.3) is 0 Å². The van der Waals surface area contributed by atoms with Crippen LogP contribution in [0.3, 0.4) is 0 Å². The lowest BCUT2D eigenvalue weighted by Crippen LogP contribution is -2.41. The van der Waals surface area contributed by atoms with Crippen molar-refractivity contribution >= 4 is 11.8 Å². The molecule has 100 valence electrons.